The van der Waals surface area contributed by atoms with Gasteiger partial charge in [-0.2, -0.15) is 0 Å². The van der Waals surface area contributed by atoms with Crippen molar-refractivity contribution in [2.45, 2.75) is 18.4 Å². The number of nitrogen functional groups attached to an aromatic ring is 1. The maximum absolute atomic E-state index is 12.1. The Hall–Kier alpha value is -1.75. The number of ether oxygens (including phenoxy) is 1. The smallest absolute Gasteiger partial charge is 0.414 e. The predicted molar refractivity (Wildman–Crippen MR) is 69.5 cm³/mol. The SMILES string of the molecule is Nc1ccc(N2CCC3(CCNC3)OC2=O)cc1. The topological polar surface area (TPSA) is 67.6 Å². The maximum Gasteiger partial charge on any atom is 0.414 e. The summed E-state index contributed by atoms with van der Waals surface area (Å²) in [5.41, 5.74) is 6.90. The van der Waals surface area contributed by atoms with E-state index in [9.17, 15) is 4.79 Å². The van der Waals surface area contributed by atoms with Gasteiger partial charge in [0.25, 0.3) is 0 Å². The second-order valence-corrected chi connectivity index (χ2v) is 4.97. The first-order valence-electron chi connectivity index (χ1n) is 6.25. The number of carbonyl (C=O) groups is 1. The third-order valence-corrected chi connectivity index (χ3v) is 3.72. The molecule has 0 aromatic heterocycles. The van der Waals surface area contributed by atoms with E-state index in [1.54, 1.807) is 17.0 Å². The number of benzene rings is 1. The Kier molecular flexibility index (Phi) is 2.63. The van der Waals surface area contributed by atoms with Gasteiger partial charge in [-0.25, -0.2) is 4.79 Å². The third-order valence-electron chi connectivity index (χ3n) is 3.72. The summed E-state index contributed by atoms with van der Waals surface area (Å²) in [4.78, 5) is 13.8. The first kappa shape index (κ1) is 11.3. The second kappa shape index (κ2) is 4.17. The zero-order valence-corrected chi connectivity index (χ0v) is 10.2. The standard InChI is InChI=1S/C13H17N3O2/c14-10-1-3-11(4-2-10)16-8-6-13(18-12(16)17)5-7-15-9-13/h1-4,15H,5-9,14H2. The van der Waals surface area contributed by atoms with Gasteiger partial charge in [-0.3, -0.25) is 4.90 Å². The fourth-order valence-electron chi connectivity index (χ4n) is 2.61. The summed E-state index contributed by atoms with van der Waals surface area (Å²) >= 11 is 0. The van der Waals surface area contributed by atoms with Crippen LogP contribution in [-0.2, 0) is 4.74 Å². The molecule has 3 rings (SSSR count). The normalized spacial score (nSPS) is 27.6. The average Bonchev–Trinajstić information content (AvgIpc) is 2.79. The molecule has 2 fully saturated rings. The molecular formula is C13H17N3O2. The molecule has 3 N–H and O–H groups in total. The van der Waals surface area contributed by atoms with Gasteiger partial charge in [0.05, 0.1) is 0 Å². The molecule has 2 heterocycles. The number of nitrogens with two attached hydrogens (primary N) is 1. The van der Waals surface area contributed by atoms with Gasteiger partial charge in [0.2, 0.25) is 0 Å². The molecule has 0 radical (unpaired) electrons. The highest BCUT2D eigenvalue weighted by Gasteiger charge is 2.43. The van der Waals surface area contributed by atoms with E-state index in [4.69, 9.17) is 10.5 Å². The van der Waals surface area contributed by atoms with Crippen molar-refractivity contribution in [1.29, 1.82) is 0 Å². The van der Waals surface area contributed by atoms with Crippen LogP contribution < -0.4 is 16.0 Å². The summed E-state index contributed by atoms with van der Waals surface area (Å²) < 4.78 is 5.63. The Morgan fingerprint density at radius 1 is 1.28 bits per heavy atom. The molecule has 1 aromatic carbocycles. The van der Waals surface area contributed by atoms with Gasteiger partial charge in [0, 0.05) is 37.3 Å². The van der Waals surface area contributed by atoms with Crippen LogP contribution in [0.1, 0.15) is 12.8 Å². The molecule has 96 valence electrons. The molecule has 18 heavy (non-hydrogen) atoms. The molecule has 1 aromatic rings. The molecule has 0 aliphatic carbocycles. The lowest BCUT2D eigenvalue weighted by molar-refractivity contribution is 0.0105. The molecule has 0 saturated carbocycles. The van der Waals surface area contributed by atoms with Gasteiger partial charge in [-0.05, 0) is 30.8 Å². The Morgan fingerprint density at radius 2 is 2.06 bits per heavy atom. The lowest BCUT2D eigenvalue weighted by atomic mass is 9.97. The zero-order valence-electron chi connectivity index (χ0n) is 10.2. The Labute approximate surface area is 106 Å². The lowest BCUT2D eigenvalue weighted by Crippen LogP contribution is -2.50. The fraction of sp³-hybridized carbons (Fsp3) is 0.462. The first-order valence-corrected chi connectivity index (χ1v) is 6.25. The van der Waals surface area contributed by atoms with Crippen LogP contribution in [-0.4, -0.2) is 31.3 Å². The van der Waals surface area contributed by atoms with Crippen LogP contribution in [0.4, 0.5) is 16.2 Å². The lowest BCUT2D eigenvalue weighted by Gasteiger charge is -2.38. The molecule has 1 spiro atoms. The van der Waals surface area contributed by atoms with E-state index < -0.39 is 0 Å². The molecule has 2 aliphatic rings. The summed E-state index contributed by atoms with van der Waals surface area (Å²) in [5.74, 6) is 0. The van der Waals surface area contributed by atoms with Crippen molar-refractivity contribution in [3.8, 4) is 0 Å². The Balaban J connectivity index is 1.76. The van der Waals surface area contributed by atoms with Gasteiger partial charge in [0.15, 0.2) is 0 Å². The van der Waals surface area contributed by atoms with Crippen LogP contribution in [0, 0.1) is 0 Å². The van der Waals surface area contributed by atoms with Crippen molar-refractivity contribution < 1.29 is 9.53 Å². The van der Waals surface area contributed by atoms with Crippen LogP contribution in [0.3, 0.4) is 0 Å². The highest BCUT2D eigenvalue weighted by molar-refractivity contribution is 5.88. The number of anilines is 2. The second-order valence-electron chi connectivity index (χ2n) is 4.97. The van der Waals surface area contributed by atoms with E-state index in [0.717, 1.165) is 31.6 Å². The van der Waals surface area contributed by atoms with Crippen LogP contribution in [0.25, 0.3) is 0 Å². The number of rotatable bonds is 1. The van der Waals surface area contributed by atoms with Crippen LogP contribution in [0.15, 0.2) is 24.3 Å². The highest BCUT2D eigenvalue weighted by atomic mass is 16.6. The van der Waals surface area contributed by atoms with E-state index >= 15 is 0 Å². The minimum Gasteiger partial charge on any atom is -0.441 e. The fourth-order valence-corrected chi connectivity index (χ4v) is 2.61. The molecule has 1 amide bonds. The quantitative estimate of drug-likeness (QED) is 0.735. The number of hydrogen-bond acceptors (Lipinski definition) is 4. The van der Waals surface area contributed by atoms with Gasteiger partial charge in [-0.1, -0.05) is 0 Å². The van der Waals surface area contributed by atoms with Crippen molar-refractivity contribution in [3.05, 3.63) is 24.3 Å². The number of carbonyl (C=O) groups excluding carboxylic acids is 1. The van der Waals surface area contributed by atoms with Gasteiger partial charge < -0.3 is 15.8 Å². The van der Waals surface area contributed by atoms with E-state index in [0.29, 0.717) is 12.2 Å². The number of nitrogens with zero attached hydrogens (tertiary/aromatic N) is 1. The average molecular weight is 247 g/mol. The van der Waals surface area contributed by atoms with Crippen LogP contribution >= 0.6 is 0 Å². The summed E-state index contributed by atoms with van der Waals surface area (Å²) in [6, 6.07) is 7.29. The predicted octanol–water partition coefficient (Wildman–Crippen LogP) is 1.35. The van der Waals surface area contributed by atoms with Gasteiger partial charge >= 0.3 is 6.09 Å². The molecule has 1 atom stereocenters. The molecule has 2 saturated heterocycles. The minimum absolute atomic E-state index is 0.255. The third kappa shape index (κ3) is 1.90. The maximum atomic E-state index is 12.1. The van der Waals surface area contributed by atoms with Crippen molar-refractivity contribution in [2.75, 3.05) is 30.3 Å². The molecule has 5 heteroatoms. The van der Waals surface area contributed by atoms with Gasteiger partial charge in [-0.15, -0.1) is 0 Å². The Morgan fingerprint density at radius 3 is 2.67 bits per heavy atom. The van der Waals surface area contributed by atoms with Crippen LogP contribution in [0.5, 0.6) is 0 Å². The monoisotopic (exact) mass is 247 g/mol. The highest BCUT2D eigenvalue weighted by Crippen LogP contribution is 2.31. The largest absolute Gasteiger partial charge is 0.441 e. The number of amides is 1. The van der Waals surface area contributed by atoms with E-state index in [2.05, 4.69) is 5.32 Å². The molecule has 1 unspecified atom stereocenters. The number of hydrogen-bond donors (Lipinski definition) is 2. The minimum atomic E-state index is -0.276. The summed E-state index contributed by atoms with van der Waals surface area (Å²) in [7, 11) is 0. The van der Waals surface area contributed by atoms with Crippen molar-refractivity contribution in [1.82, 2.24) is 5.32 Å². The Bertz CT molecular complexity index is 452. The molecule has 0 bridgehead atoms. The van der Waals surface area contributed by atoms with Gasteiger partial charge in [0.1, 0.15) is 5.60 Å². The van der Waals surface area contributed by atoms with Crippen molar-refractivity contribution in [3.63, 3.8) is 0 Å². The molecular weight excluding hydrogens is 230 g/mol. The molecule has 2 aliphatic heterocycles. The van der Waals surface area contributed by atoms with E-state index in [1.165, 1.54) is 0 Å². The summed E-state index contributed by atoms with van der Waals surface area (Å²) in [5, 5.41) is 3.25. The van der Waals surface area contributed by atoms with Crippen LogP contribution in [0.2, 0.25) is 0 Å². The van der Waals surface area contributed by atoms with E-state index in [1.807, 2.05) is 12.1 Å². The van der Waals surface area contributed by atoms with Crippen molar-refractivity contribution >= 4 is 17.5 Å². The summed E-state index contributed by atoms with van der Waals surface area (Å²) in [6.45, 7) is 2.40. The zero-order chi connectivity index (χ0) is 12.6. The molecule has 5 nitrogen and oxygen atoms in total. The first-order chi connectivity index (χ1) is 8.69. The summed E-state index contributed by atoms with van der Waals surface area (Å²) in [6.07, 6.45) is 1.53. The van der Waals surface area contributed by atoms with Crippen molar-refractivity contribution in [2.24, 2.45) is 0 Å². The number of nitrogens with one attached hydrogen (secondary N) is 1. The van der Waals surface area contributed by atoms with E-state index in [-0.39, 0.29) is 11.7 Å².